The highest BCUT2D eigenvalue weighted by Crippen LogP contribution is 2.21. The van der Waals surface area contributed by atoms with Crippen LogP contribution in [-0.4, -0.2) is 30.4 Å². The monoisotopic (exact) mass is 323 g/mol. The predicted octanol–water partition coefficient (Wildman–Crippen LogP) is 4.02. The predicted molar refractivity (Wildman–Crippen MR) is 96.7 cm³/mol. The van der Waals surface area contributed by atoms with Gasteiger partial charge < -0.3 is 4.74 Å². The Kier molecular flexibility index (Phi) is 5.31. The van der Waals surface area contributed by atoms with E-state index in [1.807, 2.05) is 25.1 Å². The number of ether oxygens (including phenoxy) is 1. The largest absolute Gasteiger partial charge is 0.493 e. The molecule has 126 valence electrons. The number of hydrogen-bond acceptors (Lipinski definition) is 3. The van der Waals surface area contributed by atoms with E-state index in [1.54, 1.807) is 0 Å². The zero-order valence-electron chi connectivity index (χ0n) is 14.5. The normalized spacial score (nSPS) is 14.2. The second-order valence-corrected chi connectivity index (χ2v) is 6.48. The maximum atomic E-state index is 12.6. The van der Waals surface area contributed by atoms with Gasteiger partial charge in [-0.05, 0) is 54.7 Å². The highest BCUT2D eigenvalue weighted by atomic mass is 16.5. The fourth-order valence-corrected chi connectivity index (χ4v) is 3.18. The molecule has 3 rings (SSSR count). The van der Waals surface area contributed by atoms with E-state index >= 15 is 0 Å². The molecule has 0 aromatic heterocycles. The van der Waals surface area contributed by atoms with Crippen LogP contribution in [0, 0.1) is 6.92 Å². The van der Waals surface area contributed by atoms with Gasteiger partial charge in [0, 0.05) is 18.7 Å². The minimum atomic E-state index is 0.180. The van der Waals surface area contributed by atoms with Gasteiger partial charge in [0.25, 0.3) is 0 Å². The van der Waals surface area contributed by atoms with Crippen molar-refractivity contribution < 1.29 is 9.53 Å². The number of carbonyl (C=O) groups excluding carboxylic acids is 1. The van der Waals surface area contributed by atoms with E-state index in [4.69, 9.17) is 4.74 Å². The second kappa shape index (κ2) is 7.63. The van der Waals surface area contributed by atoms with Crippen molar-refractivity contribution in [1.29, 1.82) is 0 Å². The van der Waals surface area contributed by atoms with Crippen LogP contribution in [0.4, 0.5) is 0 Å². The zero-order chi connectivity index (χ0) is 16.9. The number of ketones is 1. The van der Waals surface area contributed by atoms with Gasteiger partial charge >= 0.3 is 0 Å². The summed E-state index contributed by atoms with van der Waals surface area (Å²) in [5.41, 5.74) is 4.55. The van der Waals surface area contributed by atoms with Crippen LogP contribution in [0.2, 0.25) is 0 Å². The summed E-state index contributed by atoms with van der Waals surface area (Å²) in [7, 11) is 0. The van der Waals surface area contributed by atoms with Gasteiger partial charge in [-0.3, -0.25) is 9.69 Å². The van der Waals surface area contributed by atoms with Crippen LogP contribution in [0.5, 0.6) is 5.75 Å². The van der Waals surface area contributed by atoms with Crippen molar-refractivity contribution in [2.45, 2.75) is 33.2 Å². The molecule has 3 nitrogen and oxygen atoms in total. The number of rotatable bonds is 6. The summed E-state index contributed by atoms with van der Waals surface area (Å²) >= 11 is 0. The summed E-state index contributed by atoms with van der Waals surface area (Å²) in [5.74, 6) is 1.06. The van der Waals surface area contributed by atoms with Crippen molar-refractivity contribution in [3.63, 3.8) is 0 Å². The van der Waals surface area contributed by atoms with Gasteiger partial charge in [0.05, 0.1) is 13.2 Å². The number of aryl methyl sites for hydroxylation is 1. The molecule has 3 heteroatoms. The third-order valence-corrected chi connectivity index (χ3v) is 4.54. The lowest BCUT2D eigenvalue weighted by Crippen LogP contribution is -2.34. The molecule has 1 aliphatic heterocycles. The molecule has 2 aromatic rings. The number of benzene rings is 2. The molecule has 0 atom stereocenters. The average Bonchev–Trinajstić information content (AvgIpc) is 2.60. The van der Waals surface area contributed by atoms with E-state index in [0.717, 1.165) is 42.8 Å². The minimum absolute atomic E-state index is 0.180. The summed E-state index contributed by atoms with van der Waals surface area (Å²) in [6.45, 7) is 7.07. The average molecular weight is 323 g/mol. The van der Waals surface area contributed by atoms with E-state index in [-0.39, 0.29) is 5.78 Å². The fourth-order valence-electron chi connectivity index (χ4n) is 3.18. The van der Waals surface area contributed by atoms with E-state index in [9.17, 15) is 4.79 Å². The first-order valence-corrected chi connectivity index (χ1v) is 8.73. The highest BCUT2D eigenvalue weighted by molar-refractivity contribution is 5.98. The maximum absolute atomic E-state index is 12.6. The van der Waals surface area contributed by atoms with Crippen LogP contribution in [-0.2, 0) is 13.0 Å². The molecule has 0 amide bonds. The van der Waals surface area contributed by atoms with Crippen LogP contribution in [0.15, 0.2) is 42.5 Å². The number of hydrogen-bond donors (Lipinski definition) is 0. The molecule has 0 aliphatic carbocycles. The van der Waals surface area contributed by atoms with E-state index in [1.165, 1.54) is 11.1 Å². The number of nitrogens with zero attached hydrogens (tertiary/aromatic N) is 1. The van der Waals surface area contributed by atoms with Gasteiger partial charge in [0.1, 0.15) is 5.75 Å². The molecular weight excluding hydrogens is 298 g/mol. The van der Waals surface area contributed by atoms with Crippen molar-refractivity contribution in [1.82, 2.24) is 4.90 Å². The minimum Gasteiger partial charge on any atom is -0.493 e. The molecule has 0 N–H and O–H groups in total. The van der Waals surface area contributed by atoms with Gasteiger partial charge in [-0.25, -0.2) is 0 Å². The van der Waals surface area contributed by atoms with Crippen molar-refractivity contribution in [2.24, 2.45) is 0 Å². The summed E-state index contributed by atoms with van der Waals surface area (Å²) < 4.78 is 5.69. The van der Waals surface area contributed by atoms with Crippen LogP contribution >= 0.6 is 0 Å². The topological polar surface area (TPSA) is 29.5 Å². The van der Waals surface area contributed by atoms with E-state index < -0.39 is 0 Å². The lowest BCUT2D eigenvalue weighted by atomic mass is 9.99. The Hall–Kier alpha value is -2.13. The smallest absolute Gasteiger partial charge is 0.176 e. The molecule has 24 heavy (non-hydrogen) atoms. The molecule has 0 radical (unpaired) electrons. The molecule has 1 heterocycles. The molecule has 0 saturated carbocycles. The first kappa shape index (κ1) is 16.7. The number of carbonyl (C=O) groups is 1. The lowest BCUT2D eigenvalue weighted by Gasteiger charge is -2.28. The van der Waals surface area contributed by atoms with Gasteiger partial charge in [-0.2, -0.15) is 0 Å². The molecule has 0 saturated heterocycles. The van der Waals surface area contributed by atoms with Crippen LogP contribution in [0.25, 0.3) is 0 Å². The number of Topliss-reactive ketones (excluding diaryl/α,β-unsaturated/α-hetero) is 1. The Bertz CT molecular complexity index is 724. The standard InChI is InChI=1S/C21H25NO2/c1-3-12-24-21-9-8-18(13-16(21)2)20(23)15-22-11-10-17-6-4-5-7-19(17)14-22/h4-9,13H,3,10-12,14-15H2,1-2H3. The van der Waals surface area contributed by atoms with Crippen molar-refractivity contribution in [3.8, 4) is 5.75 Å². The highest BCUT2D eigenvalue weighted by Gasteiger charge is 2.19. The molecule has 0 bridgehead atoms. The zero-order valence-corrected chi connectivity index (χ0v) is 14.5. The fraction of sp³-hybridized carbons (Fsp3) is 0.381. The number of fused-ring (bicyclic) bond motifs is 1. The maximum Gasteiger partial charge on any atom is 0.176 e. The van der Waals surface area contributed by atoms with Crippen LogP contribution in [0.3, 0.4) is 0 Å². The molecule has 2 aromatic carbocycles. The summed E-state index contributed by atoms with van der Waals surface area (Å²) in [6.07, 6.45) is 2.00. The van der Waals surface area contributed by atoms with Crippen molar-refractivity contribution in [3.05, 3.63) is 64.7 Å². The Labute approximate surface area is 144 Å². The second-order valence-electron chi connectivity index (χ2n) is 6.48. The molecule has 0 unspecified atom stereocenters. The summed E-state index contributed by atoms with van der Waals surface area (Å²) in [6, 6.07) is 14.3. The van der Waals surface area contributed by atoms with Gasteiger partial charge in [0.2, 0.25) is 0 Å². The van der Waals surface area contributed by atoms with Gasteiger partial charge in [0.15, 0.2) is 5.78 Å². The first-order chi connectivity index (χ1) is 11.7. The van der Waals surface area contributed by atoms with E-state index in [0.29, 0.717) is 13.2 Å². The third-order valence-electron chi connectivity index (χ3n) is 4.54. The molecule has 1 aliphatic rings. The van der Waals surface area contributed by atoms with E-state index in [2.05, 4.69) is 36.1 Å². The molecule has 0 fully saturated rings. The van der Waals surface area contributed by atoms with Gasteiger partial charge in [-0.15, -0.1) is 0 Å². The summed E-state index contributed by atoms with van der Waals surface area (Å²) in [4.78, 5) is 14.9. The Morgan fingerprint density at radius 3 is 2.71 bits per heavy atom. The van der Waals surface area contributed by atoms with Crippen molar-refractivity contribution >= 4 is 5.78 Å². The quantitative estimate of drug-likeness (QED) is 0.752. The Morgan fingerprint density at radius 1 is 1.17 bits per heavy atom. The van der Waals surface area contributed by atoms with Crippen molar-refractivity contribution in [2.75, 3.05) is 19.7 Å². The first-order valence-electron chi connectivity index (χ1n) is 8.73. The Morgan fingerprint density at radius 2 is 1.96 bits per heavy atom. The van der Waals surface area contributed by atoms with Crippen LogP contribution < -0.4 is 4.74 Å². The third kappa shape index (κ3) is 3.85. The van der Waals surface area contributed by atoms with Gasteiger partial charge in [-0.1, -0.05) is 31.2 Å². The summed E-state index contributed by atoms with van der Waals surface area (Å²) in [5, 5.41) is 0. The lowest BCUT2D eigenvalue weighted by molar-refractivity contribution is 0.0921. The molecule has 0 spiro atoms. The molecular formula is C21H25NO2. The Balaban J connectivity index is 1.64. The van der Waals surface area contributed by atoms with Crippen LogP contribution in [0.1, 0.15) is 40.4 Å². The SMILES string of the molecule is CCCOc1ccc(C(=O)CN2CCc3ccccc3C2)cc1C.